The molecule has 0 radical (unpaired) electrons. The maximum Gasteiger partial charge on any atom is 0.292 e. The Morgan fingerprint density at radius 2 is 2.10 bits per heavy atom. The summed E-state index contributed by atoms with van der Waals surface area (Å²) in [7, 11) is 0. The van der Waals surface area contributed by atoms with E-state index in [4.69, 9.17) is 11.5 Å². The Balaban J connectivity index is 2.28. The van der Waals surface area contributed by atoms with Crippen molar-refractivity contribution in [3.05, 3.63) is 28.3 Å². The molecule has 2 unspecified atom stereocenters. The summed E-state index contributed by atoms with van der Waals surface area (Å²) >= 11 is 0. The van der Waals surface area contributed by atoms with Crippen molar-refractivity contribution in [2.24, 2.45) is 11.7 Å². The number of anilines is 2. The molecular formula is C15H24N4O2. The molecule has 0 bridgehead atoms. The van der Waals surface area contributed by atoms with Crippen LogP contribution in [0.15, 0.2) is 18.2 Å². The van der Waals surface area contributed by atoms with Gasteiger partial charge in [-0.1, -0.05) is 12.8 Å². The van der Waals surface area contributed by atoms with Crippen LogP contribution in [-0.2, 0) is 0 Å². The molecule has 1 aliphatic carbocycles. The van der Waals surface area contributed by atoms with Gasteiger partial charge >= 0.3 is 0 Å². The molecule has 1 aromatic carbocycles. The average molecular weight is 292 g/mol. The molecule has 0 aromatic heterocycles. The first-order valence-corrected chi connectivity index (χ1v) is 7.59. The van der Waals surface area contributed by atoms with Crippen LogP contribution in [0.4, 0.5) is 17.1 Å². The molecule has 116 valence electrons. The summed E-state index contributed by atoms with van der Waals surface area (Å²) in [4.78, 5) is 12.7. The standard InChI is InChI=1S/C15H24N4O2/c1-2-18(14-6-4-3-5-11(14)10-16)12-7-8-15(19(20)21)13(17)9-12/h7-9,11,14H,2-6,10,16-17H2,1H3. The molecule has 1 aliphatic rings. The first-order valence-electron chi connectivity index (χ1n) is 7.59. The first-order chi connectivity index (χ1) is 10.1. The van der Waals surface area contributed by atoms with Crippen LogP contribution in [0.5, 0.6) is 0 Å². The largest absolute Gasteiger partial charge is 0.393 e. The molecule has 0 heterocycles. The molecule has 1 aromatic rings. The molecule has 0 aliphatic heterocycles. The maximum atomic E-state index is 10.9. The minimum atomic E-state index is -0.446. The minimum absolute atomic E-state index is 0.0335. The van der Waals surface area contributed by atoms with Gasteiger partial charge in [-0.25, -0.2) is 0 Å². The van der Waals surface area contributed by atoms with E-state index in [1.54, 1.807) is 12.1 Å². The number of nitrogens with two attached hydrogens (primary N) is 2. The zero-order valence-electron chi connectivity index (χ0n) is 12.5. The average Bonchev–Trinajstić information content (AvgIpc) is 2.48. The fourth-order valence-electron chi connectivity index (χ4n) is 3.37. The molecule has 0 saturated heterocycles. The Labute approximate surface area is 125 Å². The minimum Gasteiger partial charge on any atom is -0.393 e. The lowest BCUT2D eigenvalue weighted by Gasteiger charge is -2.40. The third-order valence-electron chi connectivity index (χ3n) is 4.45. The van der Waals surface area contributed by atoms with E-state index in [2.05, 4.69) is 11.8 Å². The zero-order chi connectivity index (χ0) is 15.4. The van der Waals surface area contributed by atoms with E-state index in [-0.39, 0.29) is 11.4 Å². The predicted molar refractivity (Wildman–Crippen MR) is 85.3 cm³/mol. The Hall–Kier alpha value is -1.82. The van der Waals surface area contributed by atoms with Crippen molar-refractivity contribution in [1.29, 1.82) is 0 Å². The Kier molecular flexibility index (Phi) is 5.01. The quantitative estimate of drug-likeness (QED) is 0.493. The highest BCUT2D eigenvalue weighted by Gasteiger charge is 2.29. The van der Waals surface area contributed by atoms with E-state index < -0.39 is 4.92 Å². The summed E-state index contributed by atoms with van der Waals surface area (Å²) in [5.74, 6) is 0.482. The highest BCUT2D eigenvalue weighted by molar-refractivity contribution is 5.67. The fourth-order valence-corrected chi connectivity index (χ4v) is 3.37. The molecule has 4 N–H and O–H groups in total. The highest BCUT2D eigenvalue weighted by atomic mass is 16.6. The lowest BCUT2D eigenvalue weighted by atomic mass is 9.83. The Morgan fingerprint density at radius 1 is 1.38 bits per heavy atom. The van der Waals surface area contributed by atoms with Crippen molar-refractivity contribution in [3.8, 4) is 0 Å². The van der Waals surface area contributed by atoms with Crippen LogP contribution in [-0.4, -0.2) is 24.1 Å². The second-order valence-electron chi connectivity index (χ2n) is 5.63. The molecule has 6 heteroatoms. The van der Waals surface area contributed by atoms with E-state index in [1.807, 2.05) is 0 Å². The van der Waals surface area contributed by atoms with Crippen LogP contribution in [0.25, 0.3) is 0 Å². The van der Waals surface area contributed by atoms with Gasteiger partial charge in [0.2, 0.25) is 0 Å². The van der Waals surface area contributed by atoms with Gasteiger partial charge in [-0.05, 0) is 44.4 Å². The van der Waals surface area contributed by atoms with Gasteiger partial charge in [0.1, 0.15) is 5.69 Å². The zero-order valence-corrected chi connectivity index (χ0v) is 12.5. The van der Waals surface area contributed by atoms with Crippen LogP contribution < -0.4 is 16.4 Å². The lowest BCUT2D eigenvalue weighted by molar-refractivity contribution is -0.383. The van der Waals surface area contributed by atoms with Crippen LogP contribution >= 0.6 is 0 Å². The van der Waals surface area contributed by atoms with E-state index in [0.29, 0.717) is 18.5 Å². The summed E-state index contributed by atoms with van der Waals surface area (Å²) in [6, 6.07) is 5.40. The number of benzene rings is 1. The Bertz CT molecular complexity index is 506. The van der Waals surface area contributed by atoms with E-state index in [0.717, 1.165) is 25.1 Å². The number of rotatable bonds is 5. The summed E-state index contributed by atoms with van der Waals surface area (Å²) in [5, 5.41) is 10.9. The molecule has 0 spiro atoms. The van der Waals surface area contributed by atoms with Gasteiger partial charge in [-0.15, -0.1) is 0 Å². The lowest BCUT2D eigenvalue weighted by Crippen LogP contribution is -2.45. The number of nitrogen functional groups attached to an aromatic ring is 1. The van der Waals surface area contributed by atoms with Crippen molar-refractivity contribution < 1.29 is 4.92 Å². The molecule has 2 atom stereocenters. The van der Waals surface area contributed by atoms with Crippen LogP contribution in [0.1, 0.15) is 32.6 Å². The van der Waals surface area contributed by atoms with Crippen molar-refractivity contribution in [2.75, 3.05) is 23.7 Å². The maximum absolute atomic E-state index is 10.9. The van der Waals surface area contributed by atoms with Gasteiger partial charge in [0.05, 0.1) is 4.92 Å². The number of nitro groups is 1. The van der Waals surface area contributed by atoms with Crippen LogP contribution in [0.3, 0.4) is 0 Å². The summed E-state index contributed by atoms with van der Waals surface area (Å²) in [5.41, 5.74) is 12.9. The Morgan fingerprint density at radius 3 is 2.67 bits per heavy atom. The number of nitrogens with zero attached hydrogens (tertiary/aromatic N) is 2. The molecule has 0 amide bonds. The number of nitro benzene ring substituents is 1. The molecule has 6 nitrogen and oxygen atoms in total. The molecule has 1 saturated carbocycles. The fraction of sp³-hybridized carbons (Fsp3) is 0.600. The van der Waals surface area contributed by atoms with Crippen molar-refractivity contribution >= 4 is 17.1 Å². The van der Waals surface area contributed by atoms with Crippen LogP contribution in [0.2, 0.25) is 0 Å². The molecule has 2 rings (SSSR count). The van der Waals surface area contributed by atoms with E-state index >= 15 is 0 Å². The predicted octanol–water partition coefficient (Wildman–Crippen LogP) is 2.52. The summed E-state index contributed by atoms with van der Waals surface area (Å²) in [6.45, 7) is 3.63. The van der Waals surface area contributed by atoms with Gasteiger partial charge in [0, 0.05) is 24.3 Å². The van der Waals surface area contributed by atoms with Gasteiger partial charge in [-0.2, -0.15) is 0 Å². The van der Waals surface area contributed by atoms with Crippen LogP contribution in [0, 0.1) is 16.0 Å². The highest BCUT2D eigenvalue weighted by Crippen LogP contribution is 2.33. The van der Waals surface area contributed by atoms with E-state index in [1.165, 1.54) is 18.9 Å². The smallest absolute Gasteiger partial charge is 0.292 e. The van der Waals surface area contributed by atoms with Gasteiger partial charge in [0.25, 0.3) is 5.69 Å². The second kappa shape index (κ2) is 6.76. The third-order valence-corrected chi connectivity index (χ3v) is 4.45. The molecule has 1 fully saturated rings. The van der Waals surface area contributed by atoms with Gasteiger partial charge in [-0.3, -0.25) is 10.1 Å². The van der Waals surface area contributed by atoms with Gasteiger partial charge < -0.3 is 16.4 Å². The number of hydrogen-bond donors (Lipinski definition) is 2. The van der Waals surface area contributed by atoms with Crippen molar-refractivity contribution in [3.63, 3.8) is 0 Å². The molecular weight excluding hydrogens is 268 g/mol. The normalized spacial score (nSPS) is 22.0. The van der Waals surface area contributed by atoms with Gasteiger partial charge in [0.15, 0.2) is 0 Å². The van der Waals surface area contributed by atoms with Crippen molar-refractivity contribution in [1.82, 2.24) is 0 Å². The second-order valence-corrected chi connectivity index (χ2v) is 5.63. The SMILES string of the molecule is CCN(c1ccc([N+](=O)[O-])c(N)c1)C1CCCCC1CN. The molecule has 21 heavy (non-hydrogen) atoms. The van der Waals surface area contributed by atoms with E-state index in [9.17, 15) is 10.1 Å². The summed E-state index contributed by atoms with van der Waals surface area (Å²) < 4.78 is 0. The first kappa shape index (κ1) is 15.6. The monoisotopic (exact) mass is 292 g/mol. The van der Waals surface area contributed by atoms with Crippen molar-refractivity contribution in [2.45, 2.75) is 38.6 Å². The topological polar surface area (TPSA) is 98.4 Å². The third kappa shape index (κ3) is 3.26. The number of hydrogen-bond acceptors (Lipinski definition) is 5. The summed E-state index contributed by atoms with van der Waals surface area (Å²) in [6.07, 6.45) is 4.71.